The molecule has 2 aromatic rings. The molecule has 0 fully saturated rings. The molecule has 1 heterocycles. The number of pyridine rings is 1. The molecule has 0 saturated carbocycles. The van der Waals surface area contributed by atoms with E-state index in [-0.39, 0.29) is 9.92 Å². The van der Waals surface area contributed by atoms with Gasteiger partial charge in [0, 0.05) is 13.2 Å². The molecular formula is C14H15ClN2O4S. The van der Waals surface area contributed by atoms with Gasteiger partial charge in [0.2, 0.25) is 5.88 Å². The summed E-state index contributed by atoms with van der Waals surface area (Å²) >= 11 is 5.90. The van der Waals surface area contributed by atoms with Crippen LogP contribution in [0, 0.1) is 0 Å². The van der Waals surface area contributed by atoms with E-state index in [1.165, 1.54) is 18.3 Å². The second kappa shape index (κ2) is 7.44. The number of ether oxygens (including phenoxy) is 2. The second-order valence-corrected chi connectivity index (χ2v) is 6.32. The highest BCUT2D eigenvalue weighted by atomic mass is 35.5. The number of methoxy groups -OCH3 is 1. The summed E-state index contributed by atoms with van der Waals surface area (Å²) in [6.07, 6.45) is 1.37. The fourth-order valence-electron chi connectivity index (χ4n) is 1.63. The summed E-state index contributed by atoms with van der Waals surface area (Å²) in [6.45, 7) is 0.816. The normalized spacial score (nSPS) is 11.2. The smallest absolute Gasteiger partial charge is 0.263 e. The van der Waals surface area contributed by atoms with Crippen molar-refractivity contribution in [1.82, 2.24) is 4.98 Å². The minimum Gasteiger partial charge on any atom is -0.475 e. The fraction of sp³-hybridized carbons (Fsp3) is 0.214. The molecule has 0 aliphatic rings. The molecule has 1 aromatic heterocycles. The molecule has 0 atom stereocenters. The number of rotatable bonds is 7. The average Bonchev–Trinajstić information content (AvgIpc) is 2.49. The van der Waals surface area contributed by atoms with Gasteiger partial charge in [0.05, 0.1) is 23.5 Å². The second-order valence-electron chi connectivity index (χ2n) is 4.26. The first-order valence-corrected chi connectivity index (χ1v) is 8.24. The maximum Gasteiger partial charge on any atom is 0.263 e. The van der Waals surface area contributed by atoms with Crippen LogP contribution >= 0.6 is 11.6 Å². The van der Waals surface area contributed by atoms with Crippen LogP contribution in [0.15, 0.2) is 47.5 Å². The lowest BCUT2D eigenvalue weighted by atomic mass is 10.4. The van der Waals surface area contributed by atoms with E-state index in [0.717, 1.165) is 0 Å². The molecule has 6 nitrogen and oxygen atoms in total. The molecule has 1 N–H and O–H groups in total. The van der Waals surface area contributed by atoms with E-state index in [4.69, 9.17) is 21.1 Å². The summed E-state index contributed by atoms with van der Waals surface area (Å²) in [7, 11) is -2.19. The minimum absolute atomic E-state index is 0.0112. The predicted molar refractivity (Wildman–Crippen MR) is 83.9 cm³/mol. The van der Waals surface area contributed by atoms with Gasteiger partial charge >= 0.3 is 0 Å². The van der Waals surface area contributed by atoms with Crippen molar-refractivity contribution in [3.05, 3.63) is 47.6 Å². The van der Waals surface area contributed by atoms with Crippen LogP contribution in [0.4, 0.5) is 5.69 Å². The minimum atomic E-state index is -3.76. The summed E-state index contributed by atoms with van der Waals surface area (Å²) < 4.78 is 37.1. The highest BCUT2D eigenvalue weighted by molar-refractivity contribution is 7.92. The van der Waals surface area contributed by atoms with Gasteiger partial charge in [-0.1, -0.05) is 23.7 Å². The van der Waals surface area contributed by atoms with Crippen LogP contribution in [0.2, 0.25) is 5.02 Å². The summed E-state index contributed by atoms with van der Waals surface area (Å²) in [4.78, 5) is 4.02. The summed E-state index contributed by atoms with van der Waals surface area (Å²) in [5.74, 6) is 0.387. The Labute approximate surface area is 134 Å². The maximum atomic E-state index is 12.2. The molecule has 0 aliphatic heterocycles. The Morgan fingerprint density at radius 3 is 2.59 bits per heavy atom. The summed E-state index contributed by atoms with van der Waals surface area (Å²) in [6, 6.07) is 9.34. The van der Waals surface area contributed by atoms with Crippen molar-refractivity contribution in [1.29, 1.82) is 0 Å². The van der Waals surface area contributed by atoms with Crippen LogP contribution in [-0.4, -0.2) is 33.7 Å². The van der Waals surface area contributed by atoms with Crippen LogP contribution in [0.25, 0.3) is 0 Å². The maximum absolute atomic E-state index is 12.2. The Morgan fingerprint density at radius 2 is 1.95 bits per heavy atom. The average molecular weight is 343 g/mol. The third-order valence-corrected chi connectivity index (χ3v) is 4.53. The third-order valence-electron chi connectivity index (χ3n) is 2.65. The topological polar surface area (TPSA) is 77.5 Å². The van der Waals surface area contributed by atoms with Gasteiger partial charge in [0.25, 0.3) is 10.0 Å². The van der Waals surface area contributed by atoms with Crippen molar-refractivity contribution in [3.8, 4) is 5.88 Å². The molecule has 1 aromatic carbocycles. The van der Waals surface area contributed by atoms with Crippen LogP contribution in [-0.2, 0) is 14.8 Å². The number of hydrogen-bond acceptors (Lipinski definition) is 5. The number of sulfonamides is 1. The van der Waals surface area contributed by atoms with Gasteiger partial charge in [-0.15, -0.1) is 0 Å². The molecule has 0 unspecified atom stereocenters. The van der Waals surface area contributed by atoms with Gasteiger partial charge < -0.3 is 9.47 Å². The van der Waals surface area contributed by atoms with E-state index in [9.17, 15) is 8.42 Å². The van der Waals surface area contributed by atoms with E-state index in [2.05, 4.69) is 9.71 Å². The van der Waals surface area contributed by atoms with Gasteiger partial charge in [-0.05, 0) is 18.2 Å². The summed E-state index contributed by atoms with van der Waals surface area (Å²) in [5.41, 5.74) is 0.319. The molecule has 0 radical (unpaired) electrons. The van der Waals surface area contributed by atoms with Crippen molar-refractivity contribution in [2.45, 2.75) is 4.90 Å². The van der Waals surface area contributed by atoms with E-state index in [1.54, 1.807) is 31.4 Å². The standard InChI is InChI=1S/C14H15ClN2O4S/c1-20-8-9-21-14-7-6-11(10-16-14)17-22(18,19)13-5-3-2-4-12(13)15/h2-7,10,17H,8-9H2,1H3. The number of benzene rings is 1. The van der Waals surface area contributed by atoms with Crippen LogP contribution in [0.1, 0.15) is 0 Å². The first-order valence-electron chi connectivity index (χ1n) is 6.38. The Hall–Kier alpha value is -1.83. The zero-order chi connectivity index (χ0) is 16.0. The van der Waals surface area contributed by atoms with E-state index in [1.807, 2.05) is 0 Å². The first-order chi connectivity index (χ1) is 10.5. The Balaban J connectivity index is 2.09. The van der Waals surface area contributed by atoms with Crippen LogP contribution in [0.3, 0.4) is 0 Å². The molecule has 0 aliphatic carbocycles. The number of halogens is 1. The molecule has 2 rings (SSSR count). The van der Waals surface area contributed by atoms with Gasteiger partial charge in [-0.2, -0.15) is 0 Å². The molecular weight excluding hydrogens is 328 g/mol. The number of aromatic nitrogens is 1. The van der Waals surface area contributed by atoms with Gasteiger partial charge in [-0.25, -0.2) is 13.4 Å². The zero-order valence-electron chi connectivity index (χ0n) is 11.8. The highest BCUT2D eigenvalue weighted by Gasteiger charge is 2.17. The lowest BCUT2D eigenvalue weighted by Crippen LogP contribution is -2.13. The molecule has 0 spiro atoms. The zero-order valence-corrected chi connectivity index (χ0v) is 13.4. The molecule has 0 saturated heterocycles. The van der Waals surface area contributed by atoms with E-state index < -0.39 is 10.0 Å². The van der Waals surface area contributed by atoms with Crippen LogP contribution < -0.4 is 9.46 Å². The first kappa shape index (κ1) is 16.5. The molecule has 118 valence electrons. The Morgan fingerprint density at radius 1 is 1.18 bits per heavy atom. The summed E-state index contributed by atoms with van der Waals surface area (Å²) in [5, 5.41) is 0.155. The number of anilines is 1. The fourth-order valence-corrected chi connectivity index (χ4v) is 3.19. The van der Waals surface area contributed by atoms with Gasteiger partial charge in [-0.3, -0.25) is 4.72 Å². The van der Waals surface area contributed by atoms with E-state index in [0.29, 0.717) is 24.8 Å². The Kier molecular flexibility index (Phi) is 5.59. The number of nitrogens with one attached hydrogen (secondary N) is 1. The van der Waals surface area contributed by atoms with Crippen molar-refractivity contribution in [2.75, 3.05) is 25.0 Å². The number of hydrogen-bond donors (Lipinski definition) is 1. The highest BCUT2D eigenvalue weighted by Crippen LogP contribution is 2.23. The van der Waals surface area contributed by atoms with Crippen molar-refractivity contribution < 1.29 is 17.9 Å². The van der Waals surface area contributed by atoms with Gasteiger partial charge in [0.15, 0.2) is 0 Å². The van der Waals surface area contributed by atoms with E-state index >= 15 is 0 Å². The Bertz CT molecular complexity index is 720. The third kappa shape index (κ3) is 4.33. The van der Waals surface area contributed by atoms with Crippen molar-refractivity contribution >= 4 is 27.3 Å². The SMILES string of the molecule is COCCOc1ccc(NS(=O)(=O)c2ccccc2Cl)cn1. The molecule has 22 heavy (non-hydrogen) atoms. The molecule has 0 bridgehead atoms. The molecule has 0 amide bonds. The lowest BCUT2D eigenvalue weighted by molar-refractivity contribution is 0.144. The number of nitrogens with zero attached hydrogens (tertiary/aromatic N) is 1. The predicted octanol–water partition coefficient (Wildman–Crippen LogP) is 2.56. The van der Waals surface area contributed by atoms with Gasteiger partial charge in [0.1, 0.15) is 11.5 Å². The lowest BCUT2D eigenvalue weighted by Gasteiger charge is -2.10. The van der Waals surface area contributed by atoms with Crippen molar-refractivity contribution in [2.24, 2.45) is 0 Å². The van der Waals surface area contributed by atoms with Crippen LogP contribution in [0.5, 0.6) is 5.88 Å². The molecule has 8 heteroatoms. The van der Waals surface area contributed by atoms with Crippen molar-refractivity contribution in [3.63, 3.8) is 0 Å². The quantitative estimate of drug-likeness (QED) is 0.782. The largest absolute Gasteiger partial charge is 0.475 e. The monoisotopic (exact) mass is 342 g/mol.